The highest BCUT2D eigenvalue weighted by Crippen LogP contribution is 2.11. The number of pyridine rings is 1. The predicted octanol–water partition coefficient (Wildman–Crippen LogP) is 2.03. The summed E-state index contributed by atoms with van der Waals surface area (Å²) in [4.78, 5) is 3.62. The molecule has 0 aliphatic rings. The minimum atomic E-state index is -3.64. The molecule has 0 unspecified atom stereocenters. The van der Waals surface area contributed by atoms with Gasteiger partial charge in [0.25, 0.3) is 0 Å². The van der Waals surface area contributed by atoms with Gasteiger partial charge in [-0.05, 0) is 29.8 Å². The van der Waals surface area contributed by atoms with Crippen LogP contribution in [0.15, 0.2) is 42.6 Å². The molecule has 0 atom stereocenters. The Hall–Kier alpha value is -2.46. The van der Waals surface area contributed by atoms with E-state index in [0.29, 0.717) is 11.1 Å². The maximum Gasteiger partial charge on any atom is 0.238 e. The molecule has 0 spiro atoms. The monoisotopic (exact) mass is 291 g/mol. The van der Waals surface area contributed by atoms with E-state index in [0.717, 1.165) is 12.3 Å². The molecule has 102 valence electrons. The van der Waals surface area contributed by atoms with Crippen molar-refractivity contribution in [1.29, 1.82) is 5.26 Å². The van der Waals surface area contributed by atoms with Crippen LogP contribution in [0.4, 0.5) is 10.2 Å². The summed E-state index contributed by atoms with van der Waals surface area (Å²) in [5.74, 6) is -0.738. The first-order valence-electron chi connectivity index (χ1n) is 5.59. The molecule has 2 rings (SSSR count). The second-order valence-electron chi connectivity index (χ2n) is 4.03. The predicted molar refractivity (Wildman–Crippen MR) is 71.6 cm³/mol. The molecule has 0 bridgehead atoms. The first-order chi connectivity index (χ1) is 9.48. The molecule has 0 radical (unpaired) electrons. The van der Waals surface area contributed by atoms with Gasteiger partial charge in [0.1, 0.15) is 11.6 Å². The number of rotatable bonds is 4. The molecule has 0 fully saturated rings. The number of nitrogens with zero attached hydrogens (tertiary/aromatic N) is 2. The van der Waals surface area contributed by atoms with Gasteiger partial charge in [-0.15, -0.1) is 0 Å². The number of hydrogen-bond acceptors (Lipinski definition) is 4. The smallest absolute Gasteiger partial charge is 0.238 e. The molecule has 0 amide bonds. The lowest BCUT2D eigenvalue weighted by Gasteiger charge is -2.07. The van der Waals surface area contributed by atoms with Crippen molar-refractivity contribution >= 4 is 15.8 Å². The van der Waals surface area contributed by atoms with Crippen LogP contribution in [0.2, 0.25) is 0 Å². The summed E-state index contributed by atoms with van der Waals surface area (Å²) >= 11 is 0. The van der Waals surface area contributed by atoms with Gasteiger partial charge in [-0.3, -0.25) is 4.72 Å². The van der Waals surface area contributed by atoms with Crippen molar-refractivity contribution in [3.05, 3.63) is 59.5 Å². The van der Waals surface area contributed by atoms with Gasteiger partial charge < -0.3 is 0 Å². The highest BCUT2D eigenvalue weighted by atomic mass is 32.2. The van der Waals surface area contributed by atoms with Crippen LogP contribution in [0.3, 0.4) is 0 Å². The van der Waals surface area contributed by atoms with Crippen molar-refractivity contribution in [3.63, 3.8) is 0 Å². The van der Waals surface area contributed by atoms with Crippen LogP contribution >= 0.6 is 0 Å². The molecular formula is C13H10FN3O2S. The Morgan fingerprint density at radius 2 is 1.90 bits per heavy atom. The van der Waals surface area contributed by atoms with Gasteiger partial charge in [-0.1, -0.05) is 12.1 Å². The topological polar surface area (TPSA) is 82.8 Å². The van der Waals surface area contributed by atoms with E-state index in [-0.39, 0.29) is 11.6 Å². The van der Waals surface area contributed by atoms with E-state index in [4.69, 9.17) is 5.26 Å². The van der Waals surface area contributed by atoms with E-state index in [2.05, 4.69) is 9.71 Å². The third-order valence-electron chi connectivity index (χ3n) is 2.43. The minimum Gasteiger partial charge on any atom is -0.267 e. The van der Waals surface area contributed by atoms with Crippen molar-refractivity contribution in [1.82, 2.24) is 4.98 Å². The lowest BCUT2D eigenvalue weighted by molar-refractivity contribution is 0.599. The SMILES string of the molecule is N#Cc1ccc(CS(=O)(=O)Nc2ccc(F)cn2)cc1. The molecule has 1 N–H and O–H groups in total. The van der Waals surface area contributed by atoms with Crippen LogP contribution in [-0.2, 0) is 15.8 Å². The highest BCUT2D eigenvalue weighted by Gasteiger charge is 2.12. The number of sulfonamides is 1. The number of benzene rings is 1. The van der Waals surface area contributed by atoms with Crippen molar-refractivity contribution in [3.8, 4) is 6.07 Å². The maximum absolute atomic E-state index is 12.7. The summed E-state index contributed by atoms with van der Waals surface area (Å²) in [7, 11) is -3.64. The summed E-state index contributed by atoms with van der Waals surface area (Å²) in [6.45, 7) is 0. The van der Waals surface area contributed by atoms with Gasteiger partial charge in [0.05, 0.1) is 23.6 Å². The Morgan fingerprint density at radius 3 is 2.45 bits per heavy atom. The Bertz CT molecular complexity index is 735. The zero-order valence-corrected chi connectivity index (χ0v) is 11.1. The standard InChI is InChI=1S/C13H10FN3O2S/c14-12-5-6-13(16-8-12)17-20(18,19)9-11-3-1-10(7-15)2-4-11/h1-6,8H,9H2,(H,16,17). The quantitative estimate of drug-likeness (QED) is 0.934. The van der Waals surface area contributed by atoms with E-state index in [9.17, 15) is 12.8 Å². The van der Waals surface area contributed by atoms with E-state index >= 15 is 0 Å². The molecule has 1 aromatic heterocycles. The van der Waals surface area contributed by atoms with Crippen LogP contribution in [0.5, 0.6) is 0 Å². The lowest BCUT2D eigenvalue weighted by atomic mass is 10.2. The Morgan fingerprint density at radius 1 is 1.20 bits per heavy atom. The molecule has 0 saturated carbocycles. The largest absolute Gasteiger partial charge is 0.267 e. The van der Waals surface area contributed by atoms with Gasteiger partial charge in [-0.25, -0.2) is 17.8 Å². The van der Waals surface area contributed by atoms with Crippen molar-refractivity contribution in [2.75, 3.05) is 4.72 Å². The van der Waals surface area contributed by atoms with Crippen molar-refractivity contribution in [2.24, 2.45) is 0 Å². The first kappa shape index (κ1) is 14.0. The van der Waals surface area contributed by atoms with Crippen LogP contribution in [-0.4, -0.2) is 13.4 Å². The summed E-state index contributed by atoms with van der Waals surface area (Å²) in [5.41, 5.74) is 0.998. The first-order valence-corrected chi connectivity index (χ1v) is 7.25. The van der Waals surface area contributed by atoms with Crippen LogP contribution in [0.1, 0.15) is 11.1 Å². The zero-order chi connectivity index (χ0) is 14.6. The molecule has 7 heteroatoms. The molecule has 0 aliphatic carbocycles. The third-order valence-corrected chi connectivity index (χ3v) is 3.66. The summed E-state index contributed by atoms with van der Waals surface area (Å²) in [5, 5.41) is 8.66. The van der Waals surface area contributed by atoms with Gasteiger partial charge >= 0.3 is 0 Å². The molecule has 2 aromatic rings. The fourth-order valence-corrected chi connectivity index (χ4v) is 2.67. The number of nitriles is 1. The molecule has 0 aliphatic heterocycles. The molecule has 20 heavy (non-hydrogen) atoms. The molecule has 5 nitrogen and oxygen atoms in total. The molecule has 1 aromatic carbocycles. The summed E-state index contributed by atoms with van der Waals surface area (Å²) < 4.78 is 38.7. The Balaban J connectivity index is 2.10. The molecule has 0 saturated heterocycles. The average molecular weight is 291 g/mol. The number of nitrogens with one attached hydrogen (secondary N) is 1. The minimum absolute atomic E-state index is 0.0556. The Labute approximate surface area is 115 Å². The van der Waals surface area contributed by atoms with Crippen LogP contribution in [0, 0.1) is 17.1 Å². The maximum atomic E-state index is 12.7. The lowest BCUT2D eigenvalue weighted by Crippen LogP contribution is -2.15. The molecular weight excluding hydrogens is 281 g/mol. The number of hydrogen-bond donors (Lipinski definition) is 1. The van der Waals surface area contributed by atoms with E-state index in [1.165, 1.54) is 6.07 Å². The Kier molecular flexibility index (Phi) is 3.96. The summed E-state index contributed by atoms with van der Waals surface area (Å²) in [6, 6.07) is 10.5. The van der Waals surface area contributed by atoms with Gasteiger partial charge in [0, 0.05) is 0 Å². The van der Waals surface area contributed by atoms with E-state index < -0.39 is 15.8 Å². The number of halogens is 1. The van der Waals surface area contributed by atoms with Gasteiger partial charge in [0.2, 0.25) is 10.0 Å². The second kappa shape index (κ2) is 5.67. The van der Waals surface area contributed by atoms with Crippen LogP contribution in [0.25, 0.3) is 0 Å². The highest BCUT2D eigenvalue weighted by molar-refractivity contribution is 7.91. The van der Waals surface area contributed by atoms with Gasteiger partial charge in [0.15, 0.2) is 0 Å². The third kappa shape index (κ3) is 3.76. The van der Waals surface area contributed by atoms with Crippen molar-refractivity contribution in [2.45, 2.75) is 5.75 Å². The van der Waals surface area contributed by atoms with Crippen molar-refractivity contribution < 1.29 is 12.8 Å². The fraction of sp³-hybridized carbons (Fsp3) is 0.0769. The van der Waals surface area contributed by atoms with E-state index in [1.54, 1.807) is 24.3 Å². The normalized spacial score (nSPS) is 10.8. The van der Waals surface area contributed by atoms with Crippen LogP contribution < -0.4 is 4.72 Å². The number of anilines is 1. The fourth-order valence-electron chi connectivity index (χ4n) is 1.53. The van der Waals surface area contributed by atoms with E-state index in [1.807, 2.05) is 6.07 Å². The second-order valence-corrected chi connectivity index (χ2v) is 5.75. The molecule has 1 heterocycles. The average Bonchev–Trinajstić information content (AvgIpc) is 2.41. The van der Waals surface area contributed by atoms with Gasteiger partial charge in [-0.2, -0.15) is 5.26 Å². The summed E-state index contributed by atoms with van der Waals surface area (Å²) in [6.07, 6.45) is 0.930. The zero-order valence-electron chi connectivity index (χ0n) is 10.2. The number of aromatic nitrogens is 1.